The molecular weight excluding hydrogens is 436 g/mol. The number of benzene rings is 1. The highest BCUT2D eigenvalue weighted by molar-refractivity contribution is 6.12. The Morgan fingerprint density at radius 2 is 1.94 bits per heavy atom. The Bertz CT molecular complexity index is 1090. The predicted molar refractivity (Wildman–Crippen MR) is 126 cm³/mol. The molecule has 34 heavy (non-hydrogen) atoms. The zero-order valence-electron chi connectivity index (χ0n) is 20.2. The van der Waals surface area contributed by atoms with Gasteiger partial charge in [0.1, 0.15) is 17.0 Å². The van der Waals surface area contributed by atoms with Crippen molar-refractivity contribution in [3.63, 3.8) is 0 Å². The molecule has 0 spiro atoms. The van der Waals surface area contributed by atoms with Gasteiger partial charge in [0.2, 0.25) is 5.91 Å². The highest BCUT2D eigenvalue weighted by Crippen LogP contribution is 2.35. The second kappa shape index (κ2) is 9.48. The molecule has 0 bridgehead atoms. The van der Waals surface area contributed by atoms with Crippen molar-refractivity contribution in [2.75, 3.05) is 18.6 Å². The number of aromatic nitrogens is 2. The summed E-state index contributed by atoms with van der Waals surface area (Å²) in [5.74, 6) is -0.0473. The van der Waals surface area contributed by atoms with Gasteiger partial charge in [0.05, 0.1) is 20.3 Å². The van der Waals surface area contributed by atoms with Gasteiger partial charge >= 0.3 is 5.97 Å². The maximum absolute atomic E-state index is 13.8. The molecule has 2 aromatic rings. The number of methoxy groups -OCH3 is 1. The van der Waals surface area contributed by atoms with Crippen molar-refractivity contribution in [1.29, 1.82) is 0 Å². The van der Waals surface area contributed by atoms with Crippen LogP contribution in [0.4, 0.5) is 5.69 Å². The van der Waals surface area contributed by atoms with E-state index in [2.05, 4.69) is 17.3 Å². The van der Waals surface area contributed by atoms with Crippen molar-refractivity contribution in [2.24, 2.45) is 5.92 Å². The lowest BCUT2D eigenvalue weighted by molar-refractivity contribution is -0.127. The lowest BCUT2D eigenvalue weighted by Gasteiger charge is -2.44. The molecule has 1 N–H and O–H groups in total. The third kappa shape index (κ3) is 4.38. The SMILES string of the molecule is CCOC(=O)c1cc2n(n1)C[C@@](C)(C(=O)NC1CCC(C)CC1)N(c1cccc(OC)c1)C2=O. The van der Waals surface area contributed by atoms with Gasteiger partial charge in [-0.1, -0.05) is 13.0 Å². The van der Waals surface area contributed by atoms with Gasteiger partial charge < -0.3 is 14.8 Å². The third-order valence-electron chi connectivity index (χ3n) is 6.79. The Balaban J connectivity index is 1.73. The van der Waals surface area contributed by atoms with Crippen molar-refractivity contribution < 1.29 is 23.9 Å². The Labute approximate surface area is 199 Å². The number of anilines is 1. The van der Waals surface area contributed by atoms with Gasteiger partial charge in [-0.05, 0) is 57.6 Å². The van der Waals surface area contributed by atoms with Crippen LogP contribution < -0.4 is 15.0 Å². The minimum atomic E-state index is -1.27. The maximum Gasteiger partial charge on any atom is 0.358 e. The molecule has 0 radical (unpaired) electrons. The molecule has 2 heterocycles. The van der Waals surface area contributed by atoms with Gasteiger partial charge in [0.15, 0.2) is 5.69 Å². The maximum atomic E-state index is 13.8. The Morgan fingerprint density at radius 3 is 2.62 bits per heavy atom. The summed E-state index contributed by atoms with van der Waals surface area (Å²) in [6.45, 7) is 5.96. The Hall–Kier alpha value is -3.36. The number of ether oxygens (including phenoxy) is 2. The zero-order valence-corrected chi connectivity index (χ0v) is 20.2. The number of carbonyl (C=O) groups excluding carboxylic acids is 3. The number of rotatable bonds is 6. The molecule has 1 atom stereocenters. The molecule has 1 aromatic carbocycles. The van der Waals surface area contributed by atoms with E-state index in [1.807, 2.05) is 0 Å². The summed E-state index contributed by atoms with van der Waals surface area (Å²) in [7, 11) is 1.55. The standard InChI is InChI=1S/C25H32N4O5/c1-5-34-23(31)20-14-21-22(30)29(18-7-6-8-19(13-18)33-4)25(3,15-28(21)27-20)24(32)26-17-11-9-16(2)10-12-17/h6-8,13-14,16-17H,5,9-12,15H2,1-4H3,(H,26,32)/t16?,17?,25-/m0/s1. The number of nitrogens with zero attached hydrogens (tertiary/aromatic N) is 3. The van der Waals surface area contributed by atoms with Crippen LogP contribution in [0.25, 0.3) is 0 Å². The molecule has 1 fully saturated rings. The number of carbonyl (C=O) groups is 3. The first-order chi connectivity index (χ1) is 16.3. The van der Waals surface area contributed by atoms with E-state index >= 15 is 0 Å². The van der Waals surface area contributed by atoms with Gasteiger partial charge in [-0.3, -0.25) is 19.2 Å². The van der Waals surface area contributed by atoms with Gasteiger partial charge in [0.25, 0.3) is 5.91 Å². The average Bonchev–Trinajstić information content (AvgIpc) is 3.25. The number of hydrogen-bond donors (Lipinski definition) is 1. The van der Waals surface area contributed by atoms with E-state index in [0.29, 0.717) is 17.4 Å². The Kier molecular flexibility index (Phi) is 6.63. The van der Waals surface area contributed by atoms with Crippen molar-refractivity contribution >= 4 is 23.5 Å². The monoisotopic (exact) mass is 468 g/mol. The van der Waals surface area contributed by atoms with E-state index in [4.69, 9.17) is 9.47 Å². The summed E-state index contributed by atoms with van der Waals surface area (Å²) in [5.41, 5.74) is -0.467. The summed E-state index contributed by atoms with van der Waals surface area (Å²) >= 11 is 0. The van der Waals surface area contributed by atoms with Gasteiger partial charge in [-0.25, -0.2) is 4.79 Å². The van der Waals surface area contributed by atoms with Crippen molar-refractivity contribution in [3.8, 4) is 5.75 Å². The van der Waals surface area contributed by atoms with Crippen molar-refractivity contribution in [1.82, 2.24) is 15.1 Å². The molecule has 182 valence electrons. The number of amides is 2. The molecule has 9 heteroatoms. The van der Waals surface area contributed by atoms with Crippen LogP contribution in [-0.4, -0.2) is 52.9 Å². The average molecular weight is 469 g/mol. The molecule has 0 saturated heterocycles. The van der Waals surface area contributed by atoms with Crippen molar-refractivity contribution in [3.05, 3.63) is 41.7 Å². The zero-order chi connectivity index (χ0) is 24.5. The molecule has 0 unspecified atom stereocenters. The van der Waals surface area contributed by atoms with Crippen LogP contribution in [0, 0.1) is 5.92 Å². The molecule has 2 aliphatic rings. The summed E-state index contributed by atoms with van der Waals surface area (Å²) in [6, 6.07) is 8.54. The molecule has 2 amide bonds. The quantitative estimate of drug-likeness (QED) is 0.654. The smallest absolute Gasteiger partial charge is 0.358 e. The van der Waals surface area contributed by atoms with E-state index in [1.165, 1.54) is 15.6 Å². The molecular formula is C25H32N4O5. The summed E-state index contributed by atoms with van der Waals surface area (Å²) < 4.78 is 11.8. The minimum absolute atomic E-state index is 0.0433. The summed E-state index contributed by atoms with van der Waals surface area (Å²) in [5, 5.41) is 7.49. The van der Waals surface area contributed by atoms with Gasteiger partial charge in [-0.2, -0.15) is 5.10 Å². The van der Waals surface area contributed by atoms with Crippen LogP contribution in [0.5, 0.6) is 5.75 Å². The van der Waals surface area contributed by atoms with E-state index in [1.54, 1.807) is 45.2 Å². The lowest BCUT2D eigenvalue weighted by atomic mass is 9.86. The van der Waals surface area contributed by atoms with Gasteiger partial charge in [-0.15, -0.1) is 0 Å². The normalized spacial score (nSPS) is 24.4. The minimum Gasteiger partial charge on any atom is -0.497 e. The lowest BCUT2D eigenvalue weighted by Crippen LogP contribution is -2.65. The van der Waals surface area contributed by atoms with E-state index < -0.39 is 17.4 Å². The fourth-order valence-corrected chi connectivity index (χ4v) is 4.79. The molecule has 4 rings (SSSR count). The van der Waals surface area contributed by atoms with Crippen LogP contribution in [0.3, 0.4) is 0 Å². The summed E-state index contributed by atoms with van der Waals surface area (Å²) in [4.78, 5) is 41.3. The largest absolute Gasteiger partial charge is 0.497 e. The van der Waals surface area contributed by atoms with Crippen LogP contribution in [0.1, 0.15) is 67.4 Å². The summed E-state index contributed by atoms with van der Waals surface area (Å²) in [6.07, 6.45) is 3.95. The van der Waals surface area contributed by atoms with E-state index in [9.17, 15) is 14.4 Å². The fraction of sp³-hybridized carbons (Fsp3) is 0.520. The first-order valence-electron chi connectivity index (χ1n) is 11.8. The number of fused-ring (bicyclic) bond motifs is 1. The molecule has 1 aliphatic heterocycles. The Morgan fingerprint density at radius 1 is 1.21 bits per heavy atom. The molecule has 1 saturated carbocycles. The van der Waals surface area contributed by atoms with Crippen LogP contribution in [-0.2, 0) is 16.1 Å². The van der Waals surface area contributed by atoms with E-state index in [0.717, 1.165) is 25.7 Å². The van der Waals surface area contributed by atoms with Crippen LogP contribution >= 0.6 is 0 Å². The fourth-order valence-electron chi connectivity index (χ4n) is 4.79. The van der Waals surface area contributed by atoms with Crippen LogP contribution in [0.15, 0.2) is 30.3 Å². The first kappa shape index (κ1) is 23.8. The number of hydrogen-bond acceptors (Lipinski definition) is 6. The van der Waals surface area contributed by atoms with Crippen LogP contribution in [0.2, 0.25) is 0 Å². The highest BCUT2D eigenvalue weighted by atomic mass is 16.5. The van der Waals surface area contributed by atoms with E-state index in [-0.39, 0.29) is 36.5 Å². The second-order valence-corrected chi connectivity index (χ2v) is 9.34. The highest BCUT2D eigenvalue weighted by Gasteiger charge is 2.49. The third-order valence-corrected chi connectivity index (χ3v) is 6.79. The predicted octanol–water partition coefficient (Wildman–Crippen LogP) is 3.18. The second-order valence-electron chi connectivity index (χ2n) is 9.34. The number of esters is 1. The molecule has 9 nitrogen and oxygen atoms in total. The van der Waals surface area contributed by atoms with Gasteiger partial charge in [0, 0.05) is 23.9 Å². The first-order valence-corrected chi connectivity index (χ1v) is 11.8. The molecule has 1 aliphatic carbocycles. The number of nitrogens with one attached hydrogen (secondary N) is 1. The molecule has 1 aromatic heterocycles. The topological polar surface area (TPSA) is 103 Å². The van der Waals surface area contributed by atoms with Crippen molar-refractivity contribution in [2.45, 2.75) is 64.6 Å².